The summed E-state index contributed by atoms with van der Waals surface area (Å²) >= 11 is 0. The number of carbonyl (C=O) groups excluding carboxylic acids is 3. The molecule has 0 heterocycles. The van der Waals surface area contributed by atoms with E-state index in [1.54, 1.807) is 0 Å². The molecule has 4 unspecified atom stereocenters. The molecule has 26 heavy (non-hydrogen) atoms. The van der Waals surface area contributed by atoms with Gasteiger partial charge in [0.1, 0.15) is 18.1 Å². The zero-order chi connectivity index (χ0) is 20.4. The molecule has 3 amide bonds. The molecule has 0 spiro atoms. The van der Waals surface area contributed by atoms with Gasteiger partial charge in [-0.1, -0.05) is 0 Å². The fraction of sp³-hybridized carbons (Fsp3) is 0.643. The van der Waals surface area contributed by atoms with Crippen LogP contribution in [0.4, 0.5) is 0 Å². The second-order valence-electron chi connectivity index (χ2n) is 5.61. The highest BCUT2D eigenvalue weighted by Crippen LogP contribution is 1.99. The number of carboxylic acids is 2. The Labute approximate surface area is 149 Å². The molecule has 0 saturated heterocycles. The summed E-state index contributed by atoms with van der Waals surface area (Å²) in [7, 11) is 0. The number of nitrogens with one attached hydrogen (secondary N) is 3. The molecule has 0 saturated carbocycles. The summed E-state index contributed by atoms with van der Waals surface area (Å²) in [6.07, 6.45) is -1.86. The van der Waals surface area contributed by atoms with Crippen molar-refractivity contribution in [3.05, 3.63) is 0 Å². The summed E-state index contributed by atoms with van der Waals surface area (Å²) in [5, 5.41) is 33.2. The second kappa shape index (κ2) is 11.0. The first kappa shape index (κ1) is 23.3. The van der Waals surface area contributed by atoms with Crippen LogP contribution in [0.2, 0.25) is 0 Å². The van der Waals surface area contributed by atoms with Gasteiger partial charge in [0, 0.05) is 6.42 Å². The van der Waals surface area contributed by atoms with E-state index in [1.165, 1.54) is 13.8 Å². The topological polar surface area (TPSA) is 208 Å². The molecule has 12 nitrogen and oxygen atoms in total. The molecule has 4 atom stereocenters. The van der Waals surface area contributed by atoms with E-state index in [1.807, 2.05) is 0 Å². The van der Waals surface area contributed by atoms with Crippen molar-refractivity contribution >= 4 is 29.7 Å². The highest BCUT2D eigenvalue weighted by atomic mass is 16.4. The van der Waals surface area contributed by atoms with Gasteiger partial charge in [-0.15, -0.1) is 0 Å². The van der Waals surface area contributed by atoms with Crippen molar-refractivity contribution in [2.75, 3.05) is 6.54 Å². The van der Waals surface area contributed by atoms with E-state index in [9.17, 15) is 29.1 Å². The minimum absolute atomic E-state index is 0.277. The molecule has 0 rings (SSSR count). The molecule has 0 aliphatic carbocycles. The predicted octanol–water partition coefficient (Wildman–Crippen LogP) is -3.25. The first-order valence-corrected chi connectivity index (χ1v) is 7.71. The van der Waals surface area contributed by atoms with Crippen molar-refractivity contribution in [2.45, 2.75) is 50.9 Å². The molecule has 0 aliphatic rings. The number of amides is 3. The Balaban J connectivity index is 4.76. The van der Waals surface area contributed by atoms with Gasteiger partial charge in [-0.2, -0.15) is 0 Å². The molecular weight excluding hydrogens is 352 g/mol. The average molecular weight is 376 g/mol. The van der Waals surface area contributed by atoms with Crippen molar-refractivity contribution in [2.24, 2.45) is 5.73 Å². The largest absolute Gasteiger partial charge is 0.481 e. The lowest BCUT2D eigenvalue weighted by molar-refractivity contribution is -0.142. The average Bonchev–Trinajstić information content (AvgIpc) is 2.54. The first-order chi connectivity index (χ1) is 12.0. The lowest BCUT2D eigenvalue weighted by Crippen LogP contribution is -2.54. The number of aliphatic carboxylic acids is 2. The van der Waals surface area contributed by atoms with E-state index in [-0.39, 0.29) is 6.42 Å². The van der Waals surface area contributed by atoms with Crippen molar-refractivity contribution in [1.82, 2.24) is 16.0 Å². The van der Waals surface area contributed by atoms with Crippen LogP contribution < -0.4 is 21.7 Å². The van der Waals surface area contributed by atoms with E-state index in [0.717, 1.165) is 0 Å². The smallest absolute Gasteiger partial charge is 0.325 e. The van der Waals surface area contributed by atoms with Gasteiger partial charge in [0.15, 0.2) is 0 Å². The number of aliphatic hydroxyl groups is 1. The zero-order valence-corrected chi connectivity index (χ0v) is 14.4. The Morgan fingerprint density at radius 3 is 2.04 bits per heavy atom. The lowest BCUT2D eigenvalue weighted by Gasteiger charge is -2.20. The Morgan fingerprint density at radius 2 is 1.58 bits per heavy atom. The third-order valence-electron chi connectivity index (χ3n) is 3.27. The van der Waals surface area contributed by atoms with E-state index in [2.05, 4.69) is 16.0 Å². The number of carboxylic acid groups (broad SMARTS) is 2. The summed E-state index contributed by atoms with van der Waals surface area (Å²) in [5.41, 5.74) is 5.38. The summed E-state index contributed by atoms with van der Waals surface area (Å²) in [6, 6.07) is -3.79. The normalized spacial score (nSPS) is 15.1. The maximum atomic E-state index is 12.0. The number of nitrogens with two attached hydrogens (primary N) is 1. The Hall–Kier alpha value is -2.73. The molecule has 0 aliphatic heterocycles. The fourth-order valence-electron chi connectivity index (χ4n) is 1.66. The molecular formula is C14H24N4O8. The number of rotatable bonds is 11. The van der Waals surface area contributed by atoms with Gasteiger partial charge >= 0.3 is 11.9 Å². The van der Waals surface area contributed by atoms with Crippen LogP contribution in [0.3, 0.4) is 0 Å². The third kappa shape index (κ3) is 8.94. The van der Waals surface area contributed by atoms with Gasteiger partial charge < -0.3 is 37.0 Å². The molecule has 8 N–H and O–H groups in total. The van der Waals surface area contributed by atoms with E-state index in [4.69, 9.17) is 15.9 Å². The van der Waals surface area contributed by atoms with Gasteiger partial charge in [0.05, 0.1) is 12.6 Å². The third-order valence-corrected chi connectivity index (χ3v) is 3.27. The number of hydrogen-bond donors (Lipinski definition) is 7. The van der Waals surface area contributed by atoms with Crippen molar-refractivity contribution in [3.8, 4) is 0 Å². The molecule has 0 fully saturated rings. The monoisotopic (exact) mass is 376 g/mol. The first-order valence-electron chi connectivity index (χ1n) is 7.71. The maximum Gasteiger partial charge on any atom is 0.325 e. The minimum atomic E-state index is -1.30. The predicted molar refractivity (Wildman–Crippen MR) is 86.7 cm³/mol. The molecule has 0 radical (unpaired) electrons. The Bertz CT molecular complexity index is 551. The molecule has 0 aromatic rings. The second-order valence-corrected chi connectivity index (χ2v) is 5.61. The Morgan fingerprint density at radius 1 is 1.00 bits per heavy atom. The van der Waals surface area contributed by atoms with Gasteiger partial charge in [0.2, 0.25) is 17.7 Å². The van der Waals surface area contributed by atoms with Gasteiger partial charge in [-0.3, -0.25) is 24.0 Å². The Kier molecular flexibility index (Phi) is 9.84. The highest BCUT2D eigenvalue weighted by molar-refractivity contribution is 5.92. The number of carbonyl (C=O) groups is 5. The van der Waals surface area contributed by atoms with E-state index >= 15 is 0 Å². The summed E-state index contributed by atoms with van der Waals surface area (Å²) in [4.78, 5) is 56.8. The van der Waals surface area contributed by atoms with Crippen LogP contribution in [0.1, 0.15) is 26.7 Å². The number of hydrogen-bond acceptors (Lipinski definition) is 7. The van der Waals surface area contributed by atoms with Gasteiger partial charge in [-0.05, 0) is 20.3 Å². The molecule has 148 valence electrons. The molecule has 0 bridgehead atoms. The van der Waals surface area contributed by atoms with Crippen LogP contribution >= 0.6 is 0 Å². The van der Waals surface area contributed by atoms with Gasteiger partial charge in [-0.25, -0.2) is 0 Å². The van der Waals surface area contributed by atoms with E-state index in [0.29, 0.717) is 0 Å². The van der Waals surface area contributed by atoms with Crippen molar-refractivity contribution < 1.29 is 39.3 Å². The zero-order valence-electron chi connectivity index (χ0n) is 14.4. The maximum absolute atomic E-state index is 12.0. The minimum Gasteiger partial charge on any atom is -0.481 e. The van der Waals surface area contributed by atoms with Crippen LogP contribution in [-0.4, -0.2) is 75.8 Å². The summed E-state index contributed by atoms with van der Waals surface area (Å²) in [5.74, 6) is -4.99. The van der Waals surface area contributed by atoms with Crippen molar-refractivity contribution in [1.29, 1.82) is 0 Å². The summed E-state index contributed by atoms with van der Waals surface area (Å²) in [6.45, 7) is 1.93. The van der Waals surface area contributed by atoms with Crippen LogP contribution in [0.15, 0.2) is 0 Å². The highest BCUT2D eigenvalue weighted by Gasteiger charge is 2.25. The van der Waals surface area contributed by atoms with E-state index < -0.39 is 66.9 Å². The summed E-state index contributed by atoms with van der Waals surface area (Å²) < 4.78 is 0. The lowest BCUT2D eigenvalue weighted by atomic mass is 10.1. The molecule has 0 aromatic heterocycles. The van der Waals surface area contributed by atoms with Crippen LogP contribution in [0.5, 0.6) is 0 Å². The van der Waals surface area contributed by atoms with Crippen LogP contribution in [0, 0.1) is 0 Å². The quantitative estimate of drug-likeness (QED) is 0.193. The van der Waals surface area contributed by atoms with Gasteiger partial charge in [0.25, 0.3) is 0 Å². The van der Waals surface area contributed by atoms with Crippen LogP contribution in [0.25, 0.3) is 0 Å². The SMILES string of the molecule is CC(NC(=O)C(CCC(=O)O)NC(=O)CNC(=O)C(N)C(C)O)C(=O)O. The molecule has 12 heteroatoms. The molecule has 0 aromatic carbocycles. The van der Waals surface area contributed by atoms with Crippen molar-refractivity contribution in [3.63, 3.8) is 0 Å². The fourth-order valence-corrected chi connectivity index (χ4v) is 1.66. The standard InChI is InChI=1S/C14H24N4O8/c1-6(14(25)26)17-12(23)8(3-4-10(21)22)18-9(20)5-16-13(24)11(15)7(2)19/h6-8,11,19H,3-5,15H2,1-2H3,(H,16,24)(H,17,23)(H,18,20)(H,21,22)(H,25,26). The number of aliphatic hydroxyl groups excluding tert-OH is 1. The van der Waals surface area contributed by atoms with Crippen LogP contribution in [-0.2, 0) is 24.0 Å².